The summed E-state index contributed by atoms with van der Waals surface area (Å²) in [6.45, 7) is 6.73. The summed E-state index contributed by atoms with van der Waals surface area (Å²) in [6, 6.07) is 12.4. The molecule has 0 spiro atoms. The highest BCUT2D eigenvalue weighted by molar-refractivity contribution is 5.95. The number of carbonyl (C=O) groups excluding carboxylic acids is 2. The zero-order chi connectivity index (χ0) is 21.8. The van der Waals surface area contributed by atoms with Crippen LogP contribution in [0.15, 0.2) is 48.5 Å². The van der Waals surface area contributed by atoms with Gasteiger partial charge in [0.25, 0.3) is 5.91 Å². The zero-order valence-electron chi connectivity index (χ0n) is 17.5. The number of para-hydroxylation sites is 2. The molecule has 0 aliphatic carbocycles. The Hall–Kier alpha value is -3.48. The van der Waals surface area contributed by atoms with Crippen molar-refractivity contribution >= 4 is 23.6 Å². The number of rotatable bonds is 11. The highest BCUT2D eigenvalue weighted by atomic mass is 16.5. The van der Waals surface area contributed by atoms with Crippen molar-refractivity contribution in [3.8, 4) is 17.2 Å². The minimum absolute atomic E-state index is 0.406. The van der Waals surface area contributed by atoms with E-state index in [1.165, 1.54) is 6.08 Å². The van der Waals surface area contributed by atoms with E-state index in [-0.39, 0.29) is 0 Å². The monoisotopic (exact) mass is 413 g/mol. The van der Waals surface area contributed by atoms with Crippen LogP contribution in [0.3, 0.4) is 0 Å². The van der Waals surface area contributed by atoms with Crippen molar-refractivity contribution in [2.24, 2.45) is 0 Å². The largest absolute Gasteiger partial charge is 0.492 e. The Morgan fingerprint density at radius 1 is 0.867 bits per heavy atom. The Labute approximate surface area is 176 Å². The molecule has 0 fully saturated rings. The summed E-state index contributed by atoms with van der Waals surface area (Å²) in [6.07, 6.45) is 2.84. The maximum Gasteiger partial charge on any atom is 0.331 e. The Morgan fingerprint density at radius 2 is 1.53 bits per heavy atom. The van der Waals surface area contributed by atoms with E-state index in [1.54, 1.807) is 42.5 Å². The van der Waals surface area contributed by atoms with E-state index in [1.807, 2.05) is 26.8 Å². The van der Waals surface area contributed by atoms with E-state index in [2.05, 4.69) is 5.32 Å². The van der Waals surface area contributed by atoms with Gasteiger partial charge in [-0.25, -0.2) is 4.79 Å². The predicted molar refractivity (Wildman–Crippen MR) is 115 cm³/mol. The summed E-state index contributed by atoms with van der Waals surface area (Å²) in [4.78, 5) is 24.0. The second-order valence-corrected chi connectivity index (χ2v) is 5.99. The third-order valence-electron chi connectivity index (χ3n) is 3.79. The van der Waals surface area contributed by atoms with Gasteiger partial charge in [-0.2, -0.15) is 0 Å². The first kappa shape index (κ1) is 22.8. The Kier molecular flexibility index (Phi) is 9.24. The molecule has 7 heteroatoms. The first-order valence-electron chi connectivity index (χ1n) is 9.83. The van der Waals surface area contributed by atoms with Gasteiger partial charge in [0, 0.05) is 6.08 Å². The molecular formula is C23H27NO6. The number of hydrogen-bond donors (Lipinski definition) is 1. The van der Waals surface area contributed by atoms with Crippen LogP contribution in [-0.4, -0.2) is 38.3 Å². The molecule has 0 heterocycles. The first-order valence-corrected chi connectivity index (χ1v) is 9.83. The lowest BCUT2D eigenvalue weighted by atomic mass is 10.2. The molecule has 0 saturated carbocycles. The number of amides is 1. The van der Waals surface area contributed by atoms with Gasteiger partial charge in [0.2, 0.25) is 0 Å². The number of nitrogens with one attached hydrogen (secondary N) is 1. The van der Waals surface area contributed by atoms with E-state index < -0.39 is 18.5 Å². The lowest BCUT2D eigenvalue weighted by Crippen LogP contribution is -2.20. The van der Waals surface area contributed by atoms with Gasteiger partial charge in [0.1, 0.15) is 5.75 Å². The Bertz CT molecular complexity index is 878. The Balaban J connectivity index is 1.90. The summed E-state index contributed by atoms with van der Waals surface area (Å²) in [5, 5.41) is 2.67. The normalized spacial score (nSPS) is 10.5. The van der Waals surface area contributed by atoms with Crippen LogP contribution in [0.4, 0.5) is 5.69 Å². The molecule has 160 valence electrons. The summed E-state index contributed by atoms with van der Waals surface area (Å²) in [5.74, 6) is 0.712. The number of anilines is 1. The molecular weight excluding hydrogens is 386 g/mol. The molecule has 0 radical (unpaired) electrons. The van der Waals surface area contributed by atoms with Crippen LogP contribution in [0.1, 0.15) is 26.3 Å². The average molecular weight is 413 g/mol. The highest BCUT2D eigenvalue weighted by Gasteiger charge is 2.10. The second kappa shape index (κ2) is 12.2. The van der Waals surface area contributed by atoms with Crippen molar-refractivity contribution < 1.29 is 28.5 Å². The average Bonchev–Trinajstić information content (AvgIpc) is 2.74. The van der Waals surface area contributed by atoms with E-state index in [9.17, 15) is 9.59 Å². The minimum atomic E-state index is -0.630. The van der Waals surface area contributed by atoms with Gasteiger partial charge in [-0.15, -0.1) is 0 Å². The molecule has 0 aromatic heterocycles. The molecule has 0 unspecified atom stereocenters. The van der Waals surface area contributed by atoms with E-state index >= 15 is 0 Å². The third-order valence-corrected chi connectivity index (χ3v) is 3.79. The highest BCUT2D eigenvalue weighted by Crippen LogP contribution is 2.29. The van der Waals surface area contributed by atoms with Gasteiger partial charge in [-0.05, 0) is 56.7 Å². The van der Waals surface area contributed by atoms with Crippen LogP contribution in [0, 0.1) is 0 Å². The van der Waals surface area contributed by atoms with Crippen LogP contribution in [0.5, 0.6) is 17.2 Å². The fourth-order valence-electron chi connectivity index (χ4n) is 2.56. The number of hydrogen-bond acceptors (Lipinski definition) is 6. The van der Waals surface area contributed by atoms with E-state index in [4.69, 9.17) is 18.9 Å². The summed E-state index contributed by atoms with van der Waals surface area (Å²) in [5.41, 5.74) is 1.27. The maximum atomic E-state index is 12.1. The van der Waals surface area contributed by atoms with Crippen LogP contribution in [0.2, 0.25) is 0 Å². The number of benzene rings is 2. The summed E-state index contributed by atoms with van der Waals surface area (Å²) >= 11 is 0. The molecule has 30 heavy (non-hydrogen) atoms. The smallest absolute Gasteiger partial charge is 0.331 e. The number of esters is 1. The standard InChI is InChI=1S/C23H27NO6/c1-4-27-19-10-8-7-9-18(19)24-22(25)16-30-23(26)14-12-17-11-13-20(28-5-2)21(15-17)29-6-3/h7-15H,4-6,16H2,1-3H3,(H,24,25). The first-order chi connectivity index (χ1) is 14.6. The molecule has 1 N–H and O–H groups in total. The summed E-state index contributed by atoms with van der Waals surface area (Å²) in [7, 11) is 0. The van der Waals surface area contributed by atoms with Crippen LogP contribution < -0.4 is 19.5 Å². The SMILES string of the molecule is CCOc1ccccc1NC(=O)COC(=O)C=Cc1ccc(OCC)c(OCC)c1. The van der Waals surface area contributed by atoms with Crippen molar-refractivity contribution in [1.29, 1.82) is 0 Å². The van der Waals surface area contributed by atoms with Crippen LogP contribution in [0.25, 0.3) is 6.08 Å². The molecule has 1 amide bonds. The van der Waals surface area contributed by atoms with Crippen LogP contribution in [-0.2, 0) is 14.3 Å². The number of ether oxygens (including phenoxy) is 4. The topological polar surface area (TPSA) is 83.1 Å². The lowest BCUT2D eigenvalue weighted by Gasteiger charge is -2.11. The summed E-state index contributed by atoms with van der Waals surface area (Å²) < 4.78 is 21.5. The predicted octanol–water partition coefficient (Wildman–Crippen LogP) is 4.08. The van der Waals surface area contributed by atoms with E-state index in [0.29, 0.717) is 42.8 Å². The molecule has 2 aromatic rings. The van der Waals surface area contributed by atoms with Gasteiger partial charge in [-0.3, -0.25) is 4.79 Å². The quantitative estimate of drug-likeness (QED) is 0.442. The fourth-order valence-corrected chi connectivity index (χ4v) is 2.56. The van der Waals surface area contributed by atoms with Crippen molar-refractivity contribution in [1.82, 2.24) is 0 Å². The zero-order valence-corrected chi connectivity index (χ0v) is 17.5. The van der Waals surface area contributed by atoms with Gasteiger partial charge in [-0.1, -0.05) is 18.2 Å². The molecule has 7 nitrogen and oxygen atoms in total. The maximum absolute atomic E-state index is 12.1. The minimum Gasteiger partial charge on any atom is -0.492 e. The van der Waals surface area contributed by atoms with E-state index in [0.717, 1.165) is 5.56 Å². The lowest BCUT2D eigenvalue weighted by molar-refractivity contribution is -0.142. The molecule has 0 aliphatic rings. The van der Waals surface area contributed by atoms with Crippen LogP contribution >= 0.6 is 0 Å². The van der Waals surface area contributed by atoms with Gasteiger partial charge >= 0.3 is 5.97 Å². The van der Waals surface area contributed by atoms with Crippen molar-refractivity contribution in [2.45, 2.75) is 20.8 Å². The molecule has 2 aromatic carbocycles. The fraction of sp³-hybridized carbons (Fsp3) is 0.304. The van der Waals surface area contributed by atoms with Gasteiger partial charge in [0.15, 0.2) is 18.1 Å². The third kappa shape index (κ3) is 7.16. The van der Waals surface area contributed by atoms with Gasteiger partial charge in [0.05, 0.1) is 25.5 Å². The van der Waals surface area contributed by atoms with Crippen molar-refractivity contribution in [2.75, 3.05) is 31.7 Å². The molecule has 0 saturated heterocycles. The molecule has 2 rings (SSSR count). The second-order valence-electron chi connectivity index (χ2n) is 5.99. The van der Waals surface area contributed by atoms with Crippen molar-refractivity contribution in [3.05, 3.63) is 54.1 Å². The van der Waals surface area contributed by atoms with Crippen molar-refractivity contribution in [3.63, 3.8) is 0 Å². The van der Waals surface area contributed by atoms with Gasteiger partial charge < -0.3 is 24.3 Å². The molecule has 0 atom stereocenters. The molecule has 0 aliphatic heterocycles. The molecule has 0 bridgehead atoms. The number of carbonyl (C=O) groups is 2. The Morgan fingerprint density at radius 3 is 2.27 bits per heavy atom.